The quantitative estimate of drug-likeness (QED) is 0.652. The zero-order valence-electron chi connectivity index (χ0n) is 8.23. The zero-order chi connectivity index (χ0) is 9.59. The van der Waals surface area contributed by atoms with Crippen molar-refractivity contribution in [1.82, 2.24) is 0 Å². The summed E-state index contributed by atoms with van der Waals surface area (Å²) in [6, 6.07) is 0.174. The fourth-order valence-corrected chi connectivity index (χ4v) is 2.17. The average molecular weight is 179 g/mol. The van der Waals surface area contributed by atoms with Gasteiger partial charge in [-0.25, -0.2) is 0 Å². The van der Waals surface area contributed by atoms with Crippen LogP contribution in [0.25, 0.3) is 0 Å². The lowest BCUT2D eigenvalue weighted by Crippen LogP contribution is -2.40. The topological polar surface area (TPSA) is 35.2 Å². The van der Waals surface area contributed by atoms with Gasteiger partial charge < -0.3 is 10.5 Å². The monoisotopic (exact) mass is 179 g/mol. The molecule has 2 rings (SSSR count). The van der Waals surface area contributed by atoms with Crippen LogP contribution in [0.5, 0.6) is 0 Å². The van der Waals surface area contributed by atoms with Gasteiger partial charge in [0.05, 0.1) is 12.2 Å². The predicted molar refractivity (Wildman–Crippen MR) is 53.2 cm³/mol. The Labute approximate surface area is 79.5 Å². The van der Waals surface area contributed by atoms with Crippen LogP contribution in [0.4, 0.5) is 0 Å². The van der Waals surface area contributed by atoms with Gasteiger partial charge in [-0.3, -0.25) is 0 Å². The van der Waals surface area contributed by atoms with Gasteiger partial charge >= 0.3 is 0 Å². The van der Waals surface area contributed by atoms with E-state index < -0.39 is 0 Å². The van der Waals surface area contributed by atoms with E-state index in [0.717, 1.165) is 5.57 Å². The molecule has 0 saturated carbocycles. The predicted octanol–water partition coefficient (Wildman–Crippen LogP) is 1.48. The fraction of sp³-hybridized carbons (Fsp3) is 0.636. The van der Waals surface area contributed by atoms with Gasteiger partial charge in [0.1, 0.15) is 0 Å². The molecule has 0 aromatic heterocycles. The van der Waals surface area contributed by atoms with Crippen LogP contribution >= 0.6 is 0 Å². The van der Waals surface area contributed by atoms with Crippen molar-refractivity contribution in [3.05, 3.63) is 24.3 Å². The number of ether oxygens (including phenoxy) is 1. The van der Waals surface area contributed by atoms with Crippen LogP contribution in [0.2, 0.25) is 0 Å². The molecule has 0 aromatic carbocycles. The van der Waals surface area contributed by atoms with Gasteiger partial charge in [-0.15, -0.1) is 0 Å². The molecule has 0 radical (unpaired) electrons. The highest BCUT2D eigenvalue weighted by atomic mass is 16.5. The number of hydrogen-bond acceptors (Lipinski definition) is 2. The van der Waals surface area contributed by atoms with Crippen molar-refractivity contribution in [3.63, 3.8) is 0 Å². The van der Waals surface area contributed by atoms with Gasteiger partial charge in [0.2, 0.25) is 0 Å². The first-order valence-electron chi connectivity index (χ1n) is 4.89. The number of hydrogen-bond donors (Lipinski definition) is 1. The lowest BCUT2D eigenvalue weighted by molar-refractivity contribution is 0.103. The molecule has 1 saturated heterocycles. The van der Waals surface area contributed by atoms with Crippen molar-refractivity contribution in [2.45, 2.75) is 32.1 Å². The number of rotatable bonds is 2. The SMILES string of the molecule is C=C1C2C=CC(O2)C1C(N)C(C)C. The van der Waals surface area contributed by atoms with E-state index in [1.54, 1.807) is 0 Å². The summed E-state index contributed by atoms with van der Waals surface area (Å²) in [6.07, 6.45) is 4.53. The van der Waals surface area contributed by atoms with Crippen molar-refractivity contribution in [2.75, 3.05) is 0 Å². The van der Waals surface area contributed by atoms with Crippen molar-refractivity contribution < 1.29 is 4.74 Å². The van der Waals surface area contributed by atoms with Crippen LogP contribution in [0.15, 0.2) is 24.3 Å². The molecular formula is C11H17NO. The minimum absolute atomic E-state index is 0.139. The smallest absolute Gasteiger partial charge is 0.0977 e. The molecule has 2 nitrogen and oxygen atoms in total. The van der Waals surface area contributed by atoms with Crippen molar-refractivity contribution >= 4 is 0 Å². The summed E-state index contributed by atoms with van der Waals surface area (Å²) in [5, 5.41) is 0. The Morgan fingerprint density at radius 1 is 1.46 bits per heavy atom. The summed E-state index contributed by atoms with van der Waals surface area (Å²) in [5.41, 5.74) is 7.28. The molecule has 2 heteroatoms. The highest BCUT2D eigenvalue weighted by Crippen LogP contribution is 2.40. The molecule has 4 atom stereocenters. The molecule has 4 unspecified atom stereocenters. The minimum Gasteiger partial charge on any atom is -0.362 e. The van der Waals surface area contributed by atoms with E-state index in [9.17, 15) is 0 Å². The van der Waals surface area contributed by atoms with Gasteiger partial charge in [0.25, 0.3) is 0 Å². The highest BCUT2D eigenvalue weighted by molar-refractivity contribution is 5.31. The van der Waals surface area contributed by atoms with Crippen LogP contribution in [0.3, 0.4) is 0 Å². The van der Waals surface area contributed by atoms with Gasteiger partial charge in [-0.05, 0) is 11.5 Å². The molecule has 2 aliphatic heterocycles. The minimum atomic E-state index is 0.139. The average Bonchev–Trinajstić information content (AvgIpc) is 2.62. The molecule has 0 aliphatic carbocycles. The highest BCUT2D eigenvalue weighted by Gasteiger charge is 2.43. The fourth-order valence-electron chi connectivity index (χ4n) is 2.17. The Bertz CT molecular complexity index is 257. The Kier molecular flexibility index (Phi) is 2.05. The lowest BCUT2D eigenvalue weighted by atomic mass is 9.80. The van der Waals surface area contributed by atoms with E-state index in [0.29, 0.717) is 11.8 Å². The molecule has 2 N–H and O–H groups in total. The third-order valence-corrected chi connectivity index (χ3v) is 3.11. The second kappa shape index (κ2) is 2.96. The molecule has 0 spiro atoms. The number of nitrogens with two attached hydrogens (primary N) is 1. The second-order valence-corrected chi connectivity index (χ2v) is 4.33. The summed E-state index contributed by atoms with van der Waals surface area (Å²) in [5.74, 6) is 0.813. The van der Waals surface area contributed by atoms with Crippen LogP contribution in [-0.4, -0.2) is 18.2 Å². The van der Waals surface area contributed by atoms with Gasteiger partial charge in [0, 0.05) is 12.0 Å². The van der Waals surface area contributed by atoms with Crippen LogP contribution in [0.1, 0.15) is 13.8 Å². The summed E-state index contributed by atoms with van der Waals surface area (Å²) in [6.45, 7) is 8.36. The summed E-state index contributed by atoms with van der Waals surface area (Å²) in [7, 11) is 0. The maximum atomic E-state index is 6.12. The Hall–Kier alpha value is -0.600. The van der Waals surface area contributed by atoms with E-state index >= 15 is 0 Å². The van der Waals surface area contributed by atoms with Gasteiger partial charge in [-0.2, -0.15) is 0 Å². The first kappa shape index (κ1) is 8.97. The van der Waals surface area contributed by atoms with Crippen molar-refractivity contribution in [3.8, 4) is 0 Å². The van der Waals surface area contributed by atoms with Crippen LogP contribution in [-0.2, 0) is 4.74 Å². The third kappa shape index (κ3) is 1.25. The van der Waals surface area contributed by atoms with E-state index in [2.05, 4.69) is 32.6 Å². The normalized spacial score (nSPS) is 39.1. The summed E-state index contributed by atoms with van der Waals surface area (Å²) in [4.78, 5) is 0. The largest absolute Gasteiger partial charge is 0.362 e. The van der Waals surface area contributed by atoms with E-state index in [4.69, 9.17) is 10.5 Å². The first-order valence-corrected chi connectivity index (χ1v) is 4.89. The molecule has 72 valence electrons. The zero-order valence-corrected chi connectivity index (χ0v) is 8.23. The van der Waals surface area contributed by atoms with Gasteiger partial charge in [-0.1, -0.05) is 32.6 Å². The van der Waals surface area contributed by atoms with E-state index in [-0.39, 0.29) is 18.2 Å². The van der Waals surface area contributed by atoms with Crippen molar-refractivity contribution in [2.24, 2.45) is 17.6 Å². The molecule has 2 aliphatic rings. The van der Waals surface area contributed by atoms with Crippen LogP contribution in [0, 0.1) is 11.8 Å². The van der Waals surface area contributed by atoms with E-state index in [1.165, 1.54) is 0 Å². The molecule has 0 aromatic rings. The maximum absolute atomic E-state index is 6.12. The Balaban J connectivity index is 2.17. The molecular weight excluding hydrogens is 162 g/mol. The molecule has 1 fully saturated rings. The summed E-state index contributed by atoms with van der Waals surface area (Å²) < 4.78 is 5.68. The maximum Gasteiger partial charge on any atom is 0.0977 e. The first-order chi connectivity index (χ1) is 6.11. The number of fused-ring (bicyclic) bond motifs is 2. The second-order valence-electron chi connectivity index (χ2n) is 4.33. The lowest BCUT2D eigenvalue weighted by Gasteiger charge is -2.27. The molecule has 2 bridgehead atoms. The molecule has 2 heterocycles. The Morgan fingerprint density at radius 3 is 2.62 bits per heavy atom. The standard InChI is InChI=1S/C11H17NO/c1-6(2)11(12)10-7(3)8-4-5-9(10)13-8/h4-6,8-11H,3,12H2,1-2H3. The Morgan fingerprint density at radius 2 is 2.15 bits per heavy atom. The van der Waals surface area contributed by atoms with Gasteiger partial charge in [0.15, 0.2) is 0 Å². The summed E-state index contributed by atoms with van der Waals surface area (Å²) >= 11 is 0. The molecule has 13 heavy (non-hydrogen) atoms. The third-order valence-electron chi connectivity index (χ3n) is 3.11. The van der Waals surface area contributed by atoms with E-state index in [1.807, 2.05) is 0 Å². The van der Waals surface area contributed by atoms with Crippen LogP contribution < -0.4 is 5.73 Å². The molecule has 0 amide bonds. The van der Waals surface area contributed by atoms with Crippen molar-refractivity contribution in [1.29, 1.82) is 0 Å².